The van der Waals surface area contributed by atoms with Gasteiger partial charge < -0.3 is 10.6 Å². The van der Waals surface area contributed by atoms with Gasteiger partial charge in [0, 0.05) is 17.6 Å². The summed E-state index contributed by atoms with van der Waals surface area (Å²) in [5.41, 5.74) is 4.32. The molecule has 2 rings (SSSR count). The first kappa shape index (κ1) is 16.1. The first-order valence-electron chi connectivity index (χ1n) is 7.55. The monoisotopic (exact) mass is 296 g/mol. The largest absolute Gasteiger partial charge is 0.337 e. The fraction of sp³-hybridized carbons (Fsp3) is 0.316. The van der Waals surface area contributed by atoms with E-state index in [2.05, 4.69) is 55.7 Å². The number of amides is 2. The SMILES string of the molecule is Cc1ccc(NC(=O)NCC(C)(C)c2ccc(C)cc2)cc1. The number of nitrogens with one attached hydrogen (secondary N) is 2. The Hall–Kier alpha value is -2.29. The van der Waals surface area contributed by atoms with Crippen molar-refractivity contribution >= 4 is 11.7 Å². The Morgan fingerprint density at radius 1 is 0.909 bits per heavy atom. The minimum absolute atomic E-state index is 0.113. The maximum Gasteiger partial charge on any atom is 0.319 e. The summed E-state index contributed by atoms with van der Waals surface area (Å²) in [5, 5.41) is 5.80. The number of rotatable bonds is 4. The van der Waals surface area contributed by atoms with Crippen molar-refractivity contribution < 1.29 is 4.79 Å². The first-order chi connectivity index (χ1) is 10.4. The molecule has 0 spiro atoms. The predicted octanol–water partition coefficient (Wildman–Crippen LogP) is 4.40. The molecule has 0 heterocycles. The molecule has 0 aromatic heterocycles. The quantitative estimate of drug-likeness (QED) is 0.862. The van der Waals surface area contributed by atoms with Gasteiger partial charge in [-0.2, -0.15) is 0 Å². The van der Waals surface area contributed by atoms with Crippen LogP contribution in [-0.2, 0) is 5.41 Å². The van der Waals surface area contributed by atoms with Crippen molar-refractivity contribution in [1.29, 1.82) is 0 Å². The fourth-order valence-corrected chi connectivity index (χ4v) is 2.22. The van der Waals surface area contributed by atoms with Gasteiger partial charge in [0.25, 0.3) is 0 Å². The van der Waals surface area contributed by atoms with Crippen molar-refractivity contribution in [2.75, 3.05) is 11.9 Å². The molecule has 0 fully saturated rings. The zero-order chi connectivity index (χ0) is 16.2. The van der Waals surface area contributed by atoms with Crippen LogP contribution in [0.1, 0.15) is 30.5 Å². The van der Waals surface area contributed by atoms with E-state index in [0.717, 1.165) is 5.69 Å². The average molecular weight is 296 g/mol. The minimum Gasteiger partial charge on any atom is -0.337 e. The number of benzene rings is 2. The number of hydrogen-bond donors (Lipinski definition) is 2. The molecule has 2 aromatic carbocycles. The lowest BCUT2D eigenvalue weighted by atomic mass is 9.84. The van der Waals surface area contributed by atoms with E-state index < -0.39 is 0 Å². The minimum atomic E-state index is -0.177. The number of aryl methyl sites for hydroxylation is 2. The first-order valence-corrected chi connectivity index (χ1v) is 7.55. The van der Waals surface area contributed by atoms with Crippen molar-refractivity contribution in [3.05, 3.63) is 65.2 Å². The van der Waals surface area contributed by atoms with Gasteiger partial charge >= 0.3 is 6.03 Å². The number of urea groups is 1. The Morgan fingerprint density at radius 3 is 1.95 bits per heavy atom. The number of anilines is 1. The molecular formula is C19H24N2O. The van der Waals surface area contributed by atoms with Crippen molar-refractivity contribution in [1.82, 2.24) is 5.32 Å². The molecule has 0 saturated carbocycles. The van der Waals surface area contributed by atoms with Crippen LogP contribution in [0.4, 0.5) is 10.5 Å². The van der Waals surface area contributed by atoms with Crippen molar-refractivity contribution in [2.45, 2.75) is 33.1 Å². The Balaban J connectivity index is 1.92. The summed E-state index contributed by atoms with van der Waals surface area (Å²) in [6, 6.07) is 16.0. The predicted molar refractivity (Wildman–Crippen MR) is 92.4 cm³/mol. The molecule has 2 amide bonds. The number of hydrogen-bond acceptors (Lipinski definition) is 1. The molecule has 116 valence electrons. The molecular weight excluding hydrogens is 272 g/mol. The summed E-state index contributed by atoms with van der Waals surface area (Å²) in [6.45, 7) is 8.93. The lowest BCUT2D eigenvalue weighted by molar-refractivity contribution is 0.249. The topological polar surface area (TPSA) is 41.1 Å². The molecule has 0 atom stereocenters. The highest BCUT2D eigenvalue weighted by Gasteiger charge is 2.21. The van der Waals surface area contributed by atoms with E-state index >= 15 is 0 Å². The van der Waals surface area contributed by atoms with Crippen LogP contribution < -0.4 is 10.6 Å². The van der Waals surface area contributed by atoms with Gasteiger partial charge in [-0.3, -0.25) is 0 Å². The molecule has 2 aromatic rings. The fourth-order valence-electron chi connectivity index (χ4n) is 2.22. The smallest absolute Gasteiger partial charge is 0.319 e. The summed E-state index contributed by atoms with van der Waals surface area (Å²) in [7, 11) is 0. The van der Waals surface area contributed by atoms with Crippen molar-refractivity contribution in [3.63, 3.8) is 0 Å². The molecule has 0 saturated heterocycles. The van der Waals surface area contributed by atoms with Crippen molar-refractivity contribution in [2.24, 2.45) is 0 Å². The van der Waals surface area contributed by atoms with Crippen LogP contribution in [0.25, 0.3) is 0 Å². The third-order valence-electron chi connectivity index (χ3n) is 3.83. The summed E-state index contributed by atoms with van der Waals surface area (Å²) in [6.07, 6.45) is 0. The molecule has 0 aliphatic rings. The average Bonchev–Trinajstić information content (AvgIpc) is 2.48. The highest BCUT2D eigenvalue weighted by molar-refractivity contribution is 5.89. The summed E-state index contributed by atoms with van der Waals surface area (Å²) >= 11 is 0. The van der Waals surface area contributed by atoms with Gasteiger partial charge in [-0.25, -0.2) is 4.79 Å². The summed E-state index contributed by atoms with van der Waals surface area (Å²) in [4.78, 5) is 12.0. The van der Waals surface area contributed by atoms with Gasteiger partial charge in [0.15, 0.2) is 0 Å². The number of carbonyl (C=O) groups excluding carboxylic acids is 1. The molecule has 22 heavy (non-hydrogen) atoms. The van der Waals surface area contributed by atoms with Crippen LogP contribution in [0.15, 0.2) is 48.5 Å². The van der Waals surface area contributed by atoms with E-state index in [0.29, 0.717) is 6.54 Å². The molecule has 0 radical (unpaired) electrons. The molecule has 3 nitrogen and oxygen atoms in total. The van der Waals surface area contributed by atoms with Crippen molar-refractivity contribution in [3.8, 4) is 0 Å². The van der Waals surface area contributed by atoms with E-state index in [9.17, 15) is 4.79 Å². The van der Waals surface area contributed by atoms with Gasteiger partial charge in [-0.05, 0) is 31.5 Å². The lowest BCUT2D eigenvalue weighted by Crippen LogP contribution is -2.38. The third kappa shape index (κ3) is 4.35. The molecule has 2 N–H and O–H groups in total. The number of carbonyl (C=O) groups is 1. The second-order valence-electron chi connectivity index (χ2n) is 6.42. The lowest BCUT2D eigenvalue weighted by Gasteiger charge is -2.26. The maximum absolute atomic E-state index is 12.0. The van der Waals surface area contributed by atoms with Crippen LogP contribution in [0.5, 0.6) is 0 Å². The van der Waals surface area contributed by atoms with Crippen LogP contribution >= 0.6 is 0 Å². The van der Waals surface area contributed by atoms with Gasteiger partial charge in [-0.15, -0.1) is 0 Å². The Kier molecular flexibility index (Phi) is 4.86. The highest BCUT2D eigenvalue weighted by Crippen LogP contribution is 2.22. The van der Waals surface area contributed by atoms with Gasteiger partial charge in [0.05, 0.1) is 0 Å². The second kappa shape index (κ2) is 6.65. The maximum atomic E-state index is 12.0. The van der Waals surface area contributed by atoms with Gasteiger partial charge in [0.2, 0.25) is 0 Å². The third-order valence-corrected chi connectivity index (χ3v) is 3.83. The molecule has 0 bridgehead atoms. The second-order valence-corrected chi connectivity index (χ2v) is 6.42. The van der Waals surface area contributed by atoms with Gasteiger partial charge in [0.1, 0.15) is 0 Å². The highest BCUT2D eigenvalue weighted by atomic mass is 16.2. The molecule has 0 aliphatic carbocycles. The Morgan fingerprint density at radius 2 is 1.41 bits per heavy atom. The molecule has 3 heteroatoms. The standard InChI is InChI=1S/C19H24N2O/c1-14-5-9-16(10-6-14)19(3,4)13-20-18(22)21-17-11-7-15(2)8-12-17/h5-12H,13H2,1-4H3,(H2,20,21,22). The summed E-state index contributed by atoms with van der Waals surface area (Å²) in [5.74, 6) is 0. The van der Waals surface area contributed by atoms with E-state index in [1.165, 1.54) is 16.7 Å². The van der Waals surface area contributed by atoms with E-state index in [4.69, 9.17) is 0 Å². The van der Waals surface area contributed by atoms with Gasteiger partial charge in [-0.1, -0.05) is 61.4 Å². The molecule has 0 unspecified atom stereocenters. The van der Waals surface area contributed by atoms with E-state index in [-0.39, 0.29) is 11.4 Å². The zero-order valence-electron chi connectivity index (χ0n) is 13.7. The van der Waals surface area contributed by atoms with Crippen LogP contribution in [0.3, 0.4) is 0 Å². The normalized spacial score (nSPS) is 11.1. The van der Waals surface area contributed by atoms with Crippen LogP contribution in [0.2, 0.25) is 0 Å². The van der Waals surface area contributed by atoms with E-state index in [1.54, 1.807) is 0 Å². The van der Waals surface area contributed by atoms with E-state index in [1.807, 2.05) is 31.2 Å². The molecule has 0 aliphatic heterocycles. The Labute approximate surface area is 132 Å². The zero-order valence-corrected chi connectivity index (χ0v) is 13.7. The van der Waals surface area contributed by atoms with Crippen LogP contribution in [0, 0.1) is 13.8 Å². The Bertz CT molecular complexity index is 627. The van der Waals surface area contributed by atoms with Crippen LogP contribution in [-0.4, -0.2) is 12.6 Å². The summed E-state index contributed by atoms with van der Waals surface area (Å²) < 4.78 is 0.